The van der Waals surface area contributed by atoms with E-state index < -0.39 is 10.0 Å². The molecule has 0 aliphatic carbocycles. The smallest absolute Gasteiger partial charge is 0.239 e. The van der Waals surface area contributed by atoms with E-state index in [0.29, 0.717) is 13.1 Å². The molecule has 0 saturated carbocycles. The molecular weight excluding hydrogens is 260 g/mol. The molecule has 1 unspecified atom stereocenters. The molecule has 1 fully saturated rings. The molecule has 1 atom stereocenters. The van der Waals surface area contributed by atoms with E-state index in [1.165, 1.54) is 4.31 Å². The van der Waals surface area contributed by atoms with Gasteiger partial charge in [0.1, 0.15) is 0 Å². The third kappa shape index (κ3) is 3.09. The Bertz CT molecular complexity index is 505. The van der Waals surface area contributed by atoms with Crippen molar-refractivity contribution in [2.24, 2.45) is 0 Å². The second-order valence-electron chi connectivity index (χ2n) is 5.01. The van der Waals surface area contributed by atoms with Gasteiger partial charge in [-0.3, -0.25) is 4.31 Å². The summed E-state index contributed by atoms with van der Waals surface area (Å²) in [5.74, 6) is 0. The molecule has 106 valence electrons. The average molecular weight is 282 g/mol. The highest BCUT2D eigenvalue weighted by Crippen LogP contribution is 2.23. The summed E-state index contributed by atoms with van der Waals surface area (Å²) in [5, 5.41) is 2.87. The van der Waals surface area contributed by atoms with Crippen molar-refractivity contribution >= 4 is 15.7 Å². The van der Waals surface area contributed by atoms with E-state index in [4.69, 9.17) is 0 Å². The fourth-order valence-electron chi connectivity index (χ4n) is 2.47. The van der Waals surface area contributed by atoms with Gasteiger partial charge in [0.15, 0.2) is 0 Å². The quantitative estimate of drug-likeness (QED) is 0.917. The van der Waals surface area contributed by atoms with Crippen molar-refractivity contribution in [3.63, 3.8) is 0 Å². The van der Waals surface area contributed by atoms with Gasteiger partial charge in [0.05, 0.1) is 10.9 Å². The zero-order chi connectivity index (χ0) is 13.9. The van der Waals surface area contributed by atoms with Gasteiger partial charge in [-0.15, -0.1) is 0 Å². The van der Waals surface area contributed by atoms with E-state index in [1.54, 1.807) is 0 Å². The van der Waals surface area contributed by atoms with Gasteiger partial charge < -0.3 is 5.32 Å². The summed E-state index contributed by atoms with van der Waals surface area (Å²) in [5.41, 5.74) is 1.90. The van der Waals surface area contributed by atoms with Crippen LogP contribution < -0.4 is 9.62 Å². The number of hydrogen-bond acceptors (Lipinski definition) is 3. The zero-order valence-corrected chi connectivity index (χ0v) is 12.4. The second kappa shape index (κ2) is 5.92. The first-order valence-corrected chi connectivity index (χ1v) is 8.35. The summed E-state index contributed by atoms with van der Waals surface area (Å²) in [6, 6.07) is 7.67. The molecule has 1 N–H and O–H groups in total. The lowest BCUT2D eigenvalue weighted by Crippen LogP contribution is -2.46. The fraction of sp³-hybridized carbons (Fsp3) is 0.571. The van der Waals surface area contributed by atoms with E-state index in [2.05, 4.69) is 5.32 Å². The van der Waals surface area contributed by atoms with Crippen LogP contribution in [0.2, 0.25) is 0 Å². The maximum atomic E-state index is 12.7. The maximum absolute atomic E-state index is 12.7. The van der Waals surface area contributed by atoms with Crippen LogP contribution in [-0.2, 0) is 10.0 Å². The molecule has 0 aromatic heterocycles. The summed E-state index contributed by atoms with van der Waals surface area (Å²) in [6.45, 7) is 5.84. The van der Waals surface area contributed by atoms with Crippen molar-refractivity contribution in [3.05, 3.63) is 29.8 Å². The number of sulfonamides is 1. The molecule has 0 bridgehead atoms. The highest BCUT2D eigenvalue weighted by atomic mass is 32.2. The number of anilines is 1. The Kier molecular flexibility index (Phi) is 4.47. The summed E-state index contributed by atoms with van der Waals surface area (Å²) >= 11 is 0. The average Bonchev–Trinajstić information content (AvgIpc) is 2.42. The lowest BCUT2D eigenvalue weighted by atomic mass is 10.2. The van der Waals surface area contributed by atoms with E-state index in [0.717, 1.165) is 30.6 Å². The van der Waals surface area contributed by atoms with Crippen molar-refractivity contribution in [2.45, 2.75) is 31.9 Å². The number of hydrogen-bond donors (Lipinski definition) is 1. The van der Waals surface area contributed by atoms with E-state index in [1.807, 2.05) is 38.1 Å². The molecule has 19 heavy (non-hydrogen) atoms. The van der Waals surface area contributed by atoms with Crippen LogP contribution in [0.3, 0.4) is 0 Å². The summed E-state index contributed by atoms with van der Waals surface area (Å²) in [4.78, 5) is 0. The number of nitrogens with zero attached hydrogens (tertiary/aromatic N) is 1. The van der Waals surface area contributed by atoms with Gasteiger partial charge in [0.25, 0.3) is 0 Å². The second-order valence-corrected chi connectivity index (χ2v) is 7.15. The van der Waals surface area contributed by atoms with Gasteiger partial charge >= 0.3 is 0 Å². The van der Waals surface area contributed by atoms with E-state index >= 15 is 0 Å². The van der Waals surface area contributed by atoms with Gasteiger partial charge in [-0.1, -0.05) is 17.7 Å². The minimum atomic E-state index is -3.27. The maximum Gasteiger partial charge on any atom is 0.239 e. The van der Waals surface area contributed by atoms with Gasteiger partial charge in [-0.25, -0.2) is 8.42 Å². The van der Waals surface area contributed by atoms with Crippen LogP contribution in [0.25, 0.3) is 0 Å². The predicted molar refractivity (Wildman–Crippen MR) is 79.0 cm³/mol. The number of benzene rings is 1. The number of rotatable bonds is 4. The molecule has 4 nitrogen and oxygen atoms in total. The minimum Gasteiger partial charge on any atom is -0.315 e. The number of piperidine rings is 1. The molecule has 1 aromatic rings. The lowest BCUT2D eigenvalue weighted by molar-refractivity contribution is 0.495. The van der Waals surface area contributed by atoms with Crippen molar-refractivity contribution in [1.29, 1.82) is 0 Å². The Morgan fingerprint density at radius 3 is 2.53 bits per heavy atom. The van der Waals surface area contributed by atoms with Crippen LogP contribution >= 0.6 is 0 Å². The van der Waals surface area contributed by atoms with Crippen molar-refractivity contribution < 1.29 is 8.42 Å². The number of nitrogens with one attached hydrogen (secondary N) is 1. The lowest BCUT2D eigenvalue weighted by Gasteiger charge is -2.30. The summed E-state index contributed by atoms with van der Waals surface area (Å²) in [7, 11) is -3.27. The Morgan fingerprint density at radius 1 is 1.32 bits per heavy atom. The van der Waals surface area contributed by atoms with Crippen LogP contribution in [-0.4, -0.2) is 33.3 Å². The van der Waals surface area contributed by atoms with Crippen LogP contribution in [0.15, 0.2) is 24.3 Å². The Morgan fingerprint density at radius 2 is 2.00 bits per heavy atom. The third-order valence-electron chi connectivity index (χ3n) is 3.59. The van der Waals surface area contributed by atoms with E-state index in [9.17, 15) is 8.42 Å². The first kappa shape index (κ1) is 14.3. The SMILES string of the molecule is CCN(c1ccc(C)cc1)S(=O)(=O)C1CCCNC1. The van der Waals surface area contributed by atoms with Gasteiger partial charge in [0, 0.05) is 13.1 Å². The molecular formula is C14H22N2O2S. The van der Waals surface area contributed by atoms with Crippen LogP contribution in [0.5, 0.6) is 0 Å². The minimum absolute atomic E-state index is 0.303. The van der Waals surface area contributed by atoms with Crippen molar-refractivity contribution in [1.82, 2.24) is 5.32 Å². The molecule has 0 spiro atoms. The first-order chi connectivity index (χ1) is 9.05. The first-order valence-electron chi connectivity index (χ1n) is 6.84. The highest BCUT2D eigenvalue weighted by Gasteiger charge is 2.32. The van der Waals surface area contributed by atoms with E-state index in [-0.39, 0.29) is 5.25 Å². The molecule has 0 amide bonds. The zero-order valence-electron chi connectivity index (χ0n) is 11.6. The van der Waals surface area contributed by atoms with Crippen molar-refractivity contribution in [2.75, 3.05) is 23.9 Å². The van der Waals surface area contributed by atoms with Gasteiger partial charge in [-0.2, -0.15) is 0 Å². The highest BCUT2D eigenvalue weighted by molar-refractivity contribution is 7.93. The number of aryl methyl sites for hydroxylation is 1. The molecule has 0 radical (unpaired) electrons. The van der Waals surface area contributed by atoms with Gasteiger partial charge in [0.2, 0.25) is 10.0 Å². The normalized spacial score (nSPS) is 20.2. The molecule has 1 aliphatic rings. The van der Waals surface area contributed by atoms with Gasteiger partial charge in [-0.05, 0) is 45.4 Å². The topological polar surface area (TPSA) is 49.4 Å². The third-order valence-corrected chi connectivity index (χ3v) is 5.92. The van der Waals surface area contributed by atoms with Crippen molar-refractivity contribution in [3.8, 4) is 0 Å². The summed E-state index contributed by atoms with van der Waals surface area (Å²) in [6.07, 6.45) is 1.67. The fourth-order valence-corrected chi connectivity index (χ4v) is 4.40. The van der Waals surface area contributed by atoms with Crippen LogP contribution in [0, 0.1) is 6.92 Å². The molecule has 1 saturated heterocycles. The summed E-state index contributed by atoms with van der Waals surface area (Å²) < 4.78 is 26.9. The molecule has 1 aliphatic heterocycles. The predicted octanol–water partition coefficient (Wildman–Crippen LogP) is 1.90. The van der Waals surface area contributed by atoms with Crippen LogP contribution in [0.1, 0.15) is 25.3 Å². The Hall–Kier alpha value is -1.07. The molecule has 1 heterocycles. The Balaban J connectivity index is 2.27. The molecule has 2 rings (SSSR count). The molecule has 5 heteroatoms. The molecule has 1 aromatic carbocycles. The Labute approximate surface area is 115 Å². The largest absolute Gasteiger partial charge is 0.315 e. The standard InChI is InChI=1S/C14H22N2O2S/c1-3-16(13-8-6-12(2)7-9-13)19(17,18)14-5-4-10-15-11-14/h6-9,14-15H,3-5,10-11H2,1-2H3. The monoisotopic (exact) mass is 282 g/mol. The van der Waals surface area contributed by atoms with Crippen LogP contribution in [0.4, 0.5) is 5.69 Å².